The Hall–Kier alpha value is -5.24. The molecule has 1 fully saturated rings. The van der Waals surface area contributed by atoms with Crippen LogP contribution in [0.2, 0.25) is 0 Å². The number of carbonyl (C=O) groups excluding carboxylic acids is 2. The number of piperazine rings is 1. The van der Waals surface area contributed by atoms with E-state index >= 15 is 0 Å². The molecule has 0 aliphatic carbocycles. The second-order valence-corrected chi connectivity index (χ2v) is 11.5. The number of fused-ring (bicyclic) bond motifs is 1. The van der Waals surface area contributed by atoms with Gasteiger partial charge in [-0.25, -0.2) is 14.8 Å². The number of urea groups is 1. The van der Waals surface area contributed by atoms with Crippen LogP contribution in [0.3, 0.4) is 0 Å². The molecule has 2 aliphatic heterocycles. The van der Waals surface area contributed by atoms with Gasteiger partial charge in [-0.05, 0) is 61.5 Å². The number of hydrogen-bond acceptors (Lipinski definition) is 8. The highest BCUT2D eigenvalue weighted by molar-refractivity contribution is 6.07. The highest BCUT2D eigenvalue weighted by Crippen LogP contribution is 2.34. The largest absolute Gasteiger partial charge is 0.416 e. The van der Waals surface area contributed by atoms with E-state index in [0.717, 1.165) is 56.2 Å². The van der Waals surface area contributed by atoms with Crippen molar-refractivity contribution >= 4 is 46.6 Å². The summed E-state index contributed by atoms with van der Waals surface area (Å²) in [5, 5.41) is 5.82. The highest BCUT2D eigenvalue weighted by Gasteiger charge is 2.33. The molecule has 3 amide bonds. The fourth-order valence-corrected chi connectivity index (χ4v) is 5.65. The summed E-state index contributed by atoms with van der Waals surface area (Å²) in [4.78, 5) is 47.7. The average molecular weight is 646 g/mol. The third kappa shape index (κ3) is 6.82. The van der Waals surface area contributed by atoms with Crippen molar-refractivity contribution in [3.8, 4) is 0 Å². The zero-order valence-electron chi connectivity index (χ0n) is 26.2. The lowest BCUT2D eigenvalue weighted by Crippen LogP contribution is -2.46. The smallest absolute Gasteiger partial charge is 0.354 e. The molecule has 14 heteroatoms. The zero-order valence-corrected chi connectivity index (χ0v) is 26.2. The number of hydrogen-bond donors (Lipinski definition) is 2. The van der Waals surface area contributed by atoms with Gasteiger partial charge in [0.2, 0.25) is 5.95 Å². The standard InChI is InChI=1S/C33H34F3N9O2/c1-4-43-12-14-44(15-13-43)28-11-10-26(19-37-28)40-31-38-18-23-20-45(32(47)42(3)29(23)41-31)27-17-25(9-8-21(27)2)39-30(46)22-6-5-7-24(16-22)33(34,35)36/h5-11,16-19H,4,12-15,20H2,1-3H3,(H,39,46)(H,38,40,41). The molecule has 11 nitrogen and oxygen atoms in total. The summed E-state index contributed by atoms with van der Waals surface area (Å²) in [5.41, 5.74) is 1.98. The summed E-state index contributed by atoms with van der Waals surface area (Å²) < 4.78 is 39.5. The van der Waals surface area contributed by atoms with E-state index in [1.807, 2.05) is 19.1 Å². The number of anilines is 6. The molecule has 2 aromatic carbocycles. The number of nitrogens with one attached hydrogen (secondary N) is 2. The number of aryl methyl sites for hydroxylation is 1. The van der Waals surface area contributed by atoms with E-state index < -0.39 is 17.6 Å². The maximum Gasteiger partial charge on any atom is 0.416 e. The first-order valence-corrected chi connectivity index (χ1v) is 15.2. The van der Waals surface area contributed by atoms with Gasteiger partial charge in [-0.2, -0.15) is 18.2 Å². The van der Waals surface area contributed by atoms with Crippen LogP contribution in [0.15, 0.2) is 67.0 Å². The van der Waals surface area contributed by atoms with E-state index in [1.54, 1.807) is 37.6 Å². The maximum atomic E-state index is 13.6. The lowest BCUT2D eigenvalue weighted by atomic mass is 10.1. The number of halogens is 3. The van der Waals surface area contributed by atoms with Crippen molar-refractivity contribution in [3.05, 3.63) is 89.2 Å². The van der Waals surface area contributed by atoms with Gasteiger partial charge in [-0.1, -0.05) is 19.1 Å². The van der Waals surface area contributed by atoms with E-state index in [1.165, 1.54) is 21.9 Å². The summed E-state index contributed by atoms with van der Waals surface area (Å²) >= 11 is 0. The SMILES string of the molecule is CCN1CCN(c2ccc(Nc3ncc4c(n3)N(C)C(=O)N(c3cc(NC(=O)c5cccc(C(F)(F)F)c5)ccc3C)C4)cn2)CC1. The molecule has 1 saturated heterocycles. The van der Waals surface area contributed by atoms with Gasteiger partial charge in [0, 0.05) is 56.2 Å². The van der Waals surface area contributed by atoms with Crippen molar-refractivity contribution in [1.82, 2.24) is 19.9 Å². The number of alkyl halides is 3. The molecule has 0 spiro atoms. The minimum absolute atomic E-state index is 0.136. The van der Waals surface area contributed by atoms with E-state index in [2.05, 4.69) is 42.3 Å². The summed E-state index contributed by atoms with van der Waals surface area (Å²) in [5.74, 6) is 0.983. The number of rotatable bonds is 7. The Morgan fingerprint density at radius 2 is 1.72 bits per heavy atom. The average Bonchev–Trinajstić information content (AvgIpc) is 3.07. The van der Waals surface area contributed by atoms with Crippen molar-refractivity contribution in [2.45, 2.75) is 26.6 Å². The molecule has 0 radical (unpaired) electrons. The van der Waals surface area contributed by atoms with Crippen LogP contribution in [0.1, 0.15) is 34.0 Å². The second kappa shape index (κ2) is 12.9. The van der Waals surface area contributed by atoms with E-state index in [-0.39, 0.29) is 18.1 Å². The predicted octanol–water partition coefficient (Wildman–Crippen LogP) is 5.91. The summed E-state index contributed by atoms with van der Waals surface area (Å²) in [6.45, 7) is 9.09. The van der Waals surface area contributed by atoms with Gasteiger partial charge in [0.05, 0.1) is 29.7 Å². The third-order valence-corrected chi connectivity index (χ3v) is 8.36. The molecule has 0 unspecified atom stereocenters. The van der Waals surface area contributed by atoms with Crippen molar-refractivity contribution in [2.75, 3.05) is 65.1 Å². The first-order valence-electron chi connectivity index (χ1n) is 15.2. The summed E-state index contributed by atoms with van der Waals surface area (Å²) in [6, 6.07) is 12.7. The summed E-state index contributed by atoms with van der Waals surface area (Å²) in [7, 11) is 1.62. The maximum absolute atomic E-state index is 13.6. The lowest BCUT2D eigenvalue weighted by molar-refractivity contribution is -0.137. The van der Waals surface area contributed by atoms with Gasteiger partial charge in [0.25, 0.3) is 5.91 Å². The molecule has 2 N–H and O–H groups in total. The van der Waals surface area contributed by atoms with Gasteiger partial charge in [-0.3, -0.25) is 14.6 Å². The Bertz CT molecular complexity index is 1790. The van der Waals surface area contributed by atoms with Crippen LogP contribution in [0.25, 0.3) is 0 Å². The molecule has 0 bridgehead atoms. The Labute approximate surface area is 270 Å². The highest BCUT2D eigenvalue weighted by atomic mass is 19.4. The van der Waals surface area contributed by atoms with Crippen LogP contribution in [-0.4, -0.2) is 71.6 Å². The van der Waals surface area contributed by atoms with Crippen LogP contribution in [0, 0.1) is 6.92 Å². The van der Waals surface area contributed by atoms with Gasteiger partial charge in [0.15, 0.2) is 0 Å². The van der Waals surface area contributed by atoms with Crippen molar-refractivity contribution in [3.63, 3.8) is 0 Å². The van der Waals surface area contributed by atoms with E-state index in [0.29, 0.717) is 34.4 Å². The first-order chi connectivity index (χ1) is 22.5. The Morgan fingerprint density at radius 1 is 0.957 bits per heavy atom. The molecule has 4 aromatic rings. The molecule has 0 saturated carbocycles. The first kappa shape index (κ1) is 31.7. The fraction of sp³-hybridized carbons (Fsp3) is 0.303. The van der Waals surface area contributed by atoms with Crippen molar-refractivity contribution in [2.24, 2.45) is 0 Å². The van der Waals surface area contributed by atoms with Crippen molar-refractivity contribution < 1.29 is 22.8 Å². The number of benzene rings is 2. The molecule has 6 rings (SSSR count). The molecule has 4 heterocycles. The number of aromatic nitrogens is 3. The number of nitrogens with zero attached hydrogens (tertiary/aromatic N) is 7. The monoisotopic (exact) mass is 645 g/mol. The normalized spacial score (nSPS) is 15.4. The second-order valence-electron chi connectivity index (χ2n) is 11.5. The van der Waals surface area contributed by atoms with Gasteiger partial charge < -0.3 is 20.4 Å². The Kier molecular flexibility index (Phi) is 8.69. The van der Waals surface area contributed by atoms with E-state index in [4.69, 9.17) is 0 Å². The molecule has 2 aliphatic rings. The Morgan fingerprint density at radius 3 is 2.43 bits per heavy atom. The fourth-order valence-electron chi connectivity index (χ4n) is 5.65. The molecule has 244 valence electrons. The number of pyridine rings is 1. The molecule has 47 heavy (non-hydrogen) atoms. The molecule has 2 aromatic heterocycles. The van der Waals surface area contributed by atoms with Gasteiger partial charge in [-0.15, -0.1) is 0 Å². The van der Waals surface area contributed by atoms with Crippen LogP contribution < -0.4 is 25.3 Å². The number of amides is 3. The topological polar surface area (TPSA) is 110 Å². The predicted molar refractivity (Wildman–Crippen MR) is 174 cm³/mol. The number of carbonyl (C=O) groups is 2. The van der Waals surface area contributed by atoms with Crippen LogP contribution >= 0.6 is 0 Å². The Balaban J connectivity index is 1.15. The van der Waals surface area contributed by atoms with Gasteiger partial charge in [0.1, 0.15) is 11.6 Å². The van der Waals surface area contributed by atoms with Crippen LogP contribution in [-0.2, 0) is 12.7 Å². The van der Waals surface area contributed by atoms with E-state index in [9.17, 15) is 22.8 Å². The lowest BCUT2D eigenvalue weighted by Gasteiger charge is -2.35. The zero-order chi connectivity index (χ0) is 33.3. The van der Waals surface area contributed by atoms with Crippen LogP contribution in [0.4, 0.5) is 52.6 Å². The minimum Gasteiger partial charge on any atom is -0.354 e. The number of likely N-dealkylation sites (N-methyl/N-ethyl adjacent to an activating group) is 1. The van der Waals surface area contributed by atoms with Crippen LogP contribution in [0.5, 0.6) is 0 Å². The minimum atomic E-state index is -4.57. The molecular weight excluding hydrogens is 611 g/mol. The molecule has 0 atom stereocenters. The quantitative estimate of drug-likeness (QED) is 0.255. The molecular formula is C33H34F3N9O2. The van der Waals surface area contributed by atoms with Crippen molar-refractivity contribution in [1.29, 1.82) is 0 Å². The summed E-state index contributed by atoms with van der Waals surface area (Å²) in [6.07, 6.45) is -1.18. The van der Waals surface area contributed by atoms with Gasteiger partial charge >= 0.3 is 12.2 Å². The third-order valence-electron chi connectivity index (χ3n) is 8.36.